The molecule has 0 aliphatic heterocycles. The van der Waals surface area contributed by atoms with E-state index in [0.29, 0.717) is 18.1 Å². The van der Waals surface area contributed by atoms with Crippen molar-refractivity contribution in [2.24, 2.45) is 0 Å². The fourth-order valence-electron chi connectivity index (χ4n) is 1.90. The summed E-state index contributed by atoms with van der Waals surface area (Å²) in [6.07, 6.45) is 2.25. The summed E-state index contributed by atoms with van der Waals surface area (Å²) in [7, 11) is 0. The molecule has 1 aliphatic carbocycles. The smallest absolute Gasteiger partial charge is 0.322 e. The molecule has 106 valence electrons. The fraction of sp³-hybridized carbons (Fsp3) is 0.750. The minimum absolute atomic E-state index is 0.00245. The lowest BCUT2D eigenvalue weighted by molar-refractivity contribution is 0.00284. The van der Waals surface area contributed by atoms with Crippen LogP contribution in [0, 0.1) is 0 Å². The highest BCUT2D eigenvalue weighted by atomic mass is 35.5. The normalized spacial score (nSPS) is 22.2. The molecular weight excluding hydrogens is 268 g/mol. The monoisotopic (exact) mass is 286 g/mol. The molecule has 19 heavy (non-hydrogen) atoms. The number of rotatable bonds is 6. The van der Waals surface area contributed by atoms with Gasteiger partial charge in [-0.05, 0) is 45.2 Å². The van der Waals surface area contributed by atoms with E-state index in [1.54, 1.807) is 0 Å². The van der Waals surface area contributed by atoms with Gasteiger partial charge in [-0.25, -0.2) is 0 Å². The zero-order valence-electron chi connectivity index (χ0n) is 11.4. The molecule has 1 heterocycles. The molecule has 0 spiro atoms. The van der Waals surface area contributed by atoms with E-state index in [-0.39, 0.29) is 17.4 Å². The number of hydrogen-bond acceptors (Lipinski definition) is 6. The molecule has 0 aromatic carbocycles. The van der Waals surface area contributed by atoms with Gasteiger partial charge in [0.15, 0.2) is 0 Å². The van der Waals surface area contributed by atoms with Gasteiger partial charge in [-0.2, -0.15) is 15.0 Å². The number of nitrogens with zero attached hydrogens (tertiary/aromatic N) is 3. The standard InChI is InChI=1S/C12H19ClN4O2/c1-4-18-9-5-8(6-9)14-11-15-10(13)16-12(17-11)19-7(2)3/h7-9H,4-6H2,1-3H3,(H,14,15,16,17). The topological polar surface area (TPSA) is 69.2 Å². The lowest BCUT2D eigenvalue weighted by Gasteiger charge is -2.35. The molecule has 0 bridgehead atoms. The van der Waals surface area contributed by atoms with Gasteiger partial charge in [-0.15, -0.1) is 0 Å². The van der Waals surface area contributed by atoms with Gasteiger partial charge in [0, 0.05) is 12.6 Å². The molecule has 2 rings (SSSR count). The average Bonchev–Trinajstić information content (AvgIpc) is 2.24. The molecule has 1 aromatic heterocycles. The number of anilines is 1. The highest BCUT2D eigenvalue weighted by Gasteiger charge is 2.30. The van der Waals surface area contributed by atoms with Crippen LogP contribution >= 0.6 is 11.6 Å². The molecule has 1 saturated carbocycles. The van der Waals surface area contributed by atoms with Crippen LogP contribution in [0.1, 0.15) is 33.6 Å². The van der Waals surface area contributed by atoms with Crippen LogP contribution in [-0.2, 0) is 4.74 Å². The van der Waals surface area contributed by atoms with Gasteiger partial charge in [-0.3, -0.25) is 0 Å². The molecule has 1 aliphatic rings. The first-order valence-electron chi connectivity index (χ1n) is 6.53. The molecule has 0 atom stereocenters. The second-order valence-corrected chi connectivity index (χ2v) is 5.11. The molecule has 7 heteroatoms. The third-order valence-electron chi connectivity index (χ3n) is 2.76. The van der Waals surface area contributed by atoms with Gasteiger partial charge in [-0.1, -0.05) is 0 Å². The number of hydrogen-bond donors (Lipinski definition) is 1. The maximum absolute atomic E-state index is 5.85. The van der Waals surface area contributed by atoms with Crippen LogP contribution in [0.2, 0.25) is 5.28 Å². The Morgan fingerprint density at radius 2 is 2.05 bits per heavy atom. The van der Waals surface area contributed by atoms with Crippen LogP contribution in [-0.4, -0.2) is 39.8 Å². The second-order valence-electron chi connectivity index (χ2n) is 4.77. The highest BCUT2D eigenvalue weighted by molar-refractivity contribution is 6.28. The van der Waals surface area contributed by atoms with Gasteiger partial charge in [0.25, 0.3) is 0 Å². The predicted octanol–water partition coefficient (Wildman–Crippen LogP) is 2.29. The Hall–Kier alpha value is -1.14. The van der Waals surface area contributed by atoms with Crippen molar-refractivity contribution >= 4 is 17.5 Å². The summed E-state index contributed by atoms with van der Waals surface area (Å²) < 4.78 is 10.9. The minimum atomic E-state index is -0.00245. The molecule has 0 unspecified atom stereocenters. The summed E-state index contributed by atoms with van der Waals surface area (Å²) in [5, 5.41) is 3.35. The van der Waals surface area contributed by atoms with Crippen LogP contribution in [0.3, 0.4) is 0 Å². The van der Waals surface area contributed by atoms with E-state index in [9.17, 15) is 0 Å². The SMILES string of the molecule is CCOC1CC(Nc2nc(Cl)nc(OC(C)C)n2)C1. The Labute approximate surface area is 117 Å². The van der Waals surface area contributed by atoms with E-state index < -0.39 is 0 Å². The first-order valence-corrected chi connectivity index (χ1v) is 6.91. The summed E-state index contributed by atoms with van der Waals surface area (Å²) in [6, 6.07) is 0.570. The van der Waals surface area contributed by atoms with Crippen molar-refractivity contribution in [3.63, 3.8) is 0 Å². The number of aromatic nitrogens is 3. The van der Waals surface area contributed by atoms with Crippen LogP contribution < -0.4 is 10.1 Å². The molecule has 0 amide bonds. The van der Waals surface area contributed by atoms with Crippen molar-refractivity contribution in [3.8, 4) is 6.01 Å². The molecule has 1 fully saturated rings. The third kappa shape index (κ3) is 4.18. The van der Waals surface area contributed by atoms with E-state index in [1.165, 1.54) is 0 Å². The molecule has 6 nitrogen and oxygen atoms in total. The zero-order valence-corrected chi connectivity index (χ0v) is 12.1. The minimum Gasteiger partial charge on any atom is -0.461 e. The number of ether oxygens (including phenoxy) is 2. The van der Waals surface area contributed by atoms with Gasteiger partial charge >= 0.3 is 6.01 Å². The van der Waals surface area contributed by atoms with Crippen molar-refractivity contribution in [2.75, 3.05) is 11.9 Å². The first-order chi connectivity index (χ1) is 9.06. The molecule has 0 radical (unpaired) electrons. The van der Waals surface area contributed by atoms with Crippen molar-refractivity contribution in [2.45, 2.75) is 51.9 Å². The molecule has 1 aromatic rings. The van der Waals surface area contributed by atoms with Crippen LogP contribution in [0.15, 0.2) is 0 Å². The third-order valence-corrected chi connectivity index (χ3v) is 2.93. The Kier molecular flexibility index (Phi) is 4.76. The first kappa shape index (κ1) is 14.3. The average molecular weight is 287 g/mol. The highest BCUT2D eigenvalue weighted by Crippen LogP contribution is 2.26. The fourth-order valence-corrected chi connectivity index (χ4v) is 2.05. The van der Waals surface area contributed by atoms with E-state index >= 15 is 0 Å². The van der Waals surface area contributed by atoms with E-state index in [0.717, 1.165) is 19.4 Å². The Morgan fingerprint density at radius 3 is 2.68 bits per heavy atom. The summed E-state index contributed by atoms with van der Waals surface area (Å²) in [5.41, 5.74) is 0. The Bertz CT molecular complexity index is 424. The van der Waals surface area contributed by atoms with E-state index in [1.807, 2.05) is 20.8 Å². The Balaban J connectivity index is 1.92. The lowest BCUT2D eigenvalue weighted by Crippen LogP contribution is -2.41. The van der Waals surface area contributed by atoms with Gasteiger partial charge in [0.05, 0.1) is 12.2 Å². The summed E-state index contributed by atoms with van der Waals surface area (Å²) in [5.74, 6) is 0.454. The van der Waals surface area contributed by atoms with Crippen LogP contribution in [0.5, 0.6) is 6.01 Å². The lowest BCUT2D eigenvalue weighted by atomic mass is 9.89. The van der Waals surface area contributed by atoms with Gasteiger partial charge < -0.3 is 14.8 Å². The summed E-state index contributed by atoms with van der Waals surface area (Å²) in [6.45, 7) is 6.57. The summed E-state index contributed by atoms with van der Waals surface area (Å²) in [4.78, 5) is 12.2. The second kappa shape index (κ2) is 6.34. The largest absolute Gasteiger partial charge is 0.461 e. The van der Waals surface area contributed by atoms with Crippen LogP contribution in [0.25, 0.3) is 0 Å². The van der Waals surface area contributed by atoms with Gasteiger partial charge in [0.2, 0.25) is 11.2 Å². The van der Waals surface area contributed by atoms with E-state index in [4.69, 9.17) is 21.1 Å². The molecular formula is C12H19ClN4O2. The maximum Gasteiger partial charge on any atom is 0.322 e. The van der Waals surface area contributed by atoms with Crippen molar-refractivity contribution in [3.05, 3.63) is 5.28 Å². The zero-order chi connectivity index (χ0) is 13.8. The summed E-state index contributed by atoms with van der Waals surface area (Å²) >= 11 is 5.85. The van der Waals surface area contributed by atoms with Crippen molar-refractivity contribution < 1.29 is 9.47 Å². The van der Waals surface area contributed by atoms with Gasteiger partial charge in [0.1, 0.15) is 0 Å². The predicted molar refractivity (Wildman–Crippen MR) is 72.7 cm³/mol. The van der Waals surface area contributed by atoms with E-state index in [2.05, 4.69) is 20.3 Å². The van der Waals surface area contributed by atoms with Crippen molar-refractivity contribution in [1.29, 1.82) is 0 Å². The quantitative estimate of drug-likeness (QED) is 0.865. The maximum atomic E-state index is 5.85. The molecule has 0 saturated heterocycles. The number of halogens is 1. The number of nitrogens with one attached hydrogen (secondary N) is 1. The molecule has 1 N–H and O–H groups in total. The van der Waals surface area contributed by atoms with Crippen LogP contribution in [0.4, 0.5) is 5.95 Å². The van der Waals surface area contributed by atoms with Crippen molar-refractivity contribution in [1.82, 2.24) is 15.0 Å². The Morgan fingerprint density at radius 1 is 1.32 bits per heavy atom.